The highest BCUT2D eigenvalue weighted by Crippen LogP contribution is 2.14. The van der Waals surface area contributed by atoms with Gasteiger partial charge in [-0.25, -0.2) is 0 Å². The van der Waals surface area contributed by atoms with Crippen LogP contribution in [0.1, 0.15) is 12.5 Å². The average molecular weight is 221 g/mol. The molecule has 0 radical (unpaired) electrons. The number of ether oxygens (including phenoxy) is 3. The van der Waals surface area contributed by atoms with Crippen molar-refractivity contribution in [1.82, 2.24) is 0 Å². The Hall–Kier alpha value is -1.57. The van der Waals surface area contributed by atoms with E-state index in [1.165, 1.54) is 7.11 Å². The molecule has 16 heavy (non-hydrogen) atoms. The predicted octanol–water partition coefficient (Wildman–Crippen LogP) is 2.10. The molecular weight excluding hydrogens is 206 g/mol. The first-order chi connectivity index (χ1) is 7.80. The molecule has 0 spiro atoms. The Bertz CT molecular complexity index is 342. The third-order valence-electron chi connectivity index (χ3n) is 1.93. The summed E-state index contributed by atoms with van der Waals surface area (Å²) in [6.07, 6.45) is 0.402. The molecule has 0 amide bonds. The third-order valence-corrected chi connectivity index (χ3v) is 1.93. The molecule has 1 atom stereocenters. The quantitative estimate of drug-likeness (QED) is 0.690. The molecule has 0 aliphatic carbocycles. The number of hydrogen-bond acceptors (Lipinski definition) is 4. The molecule has 0 aliphatic heterocycles. The lowest BCUT2D eigenvalue weighted by Crippen LogP contribution is -2.22. The van der Waals surface area contributed by atoms with E-state index < -0.39 is 6.48 Å². The number of methoxy groups -OCH3 is 1. The Labute approximate surface area is 95.4 Å². The van der Waals surface area contributed by atoms with E-state index in [4.69, 9.17) is 19.5 Å². The number of nitriles is 1. The first-order valence-electron chi connectivity index (χ1n) is 5.07. The molecular formula is C12H15NO3. The summed E-state index contributed by atoms with van der Waals surface area (Å²) >= 11 is 0. The lowest BCUT2D eigenvalue weighted by atomic mass is 10.2. The topological polar surface area (TPSA) is 51.5 Å². The Morgan fingerprint density at radius 2 is 2.00 bits per heavy atom. The van der Waals surface area contributed by atoms with Crippen molar-refractivity contribution in [1.29, 1.82) is 5.26 Å². The lowest BCUT2D eigenvalue weighted by Gasteiger charge is -2.16. The molecule has 1 aromatic rings. The van der Waals surface area contributed by atoms with Gasteiger partial charge in [0.05, 0.1) is 19.1 Å². The van der Waals surface area contributed by atoms with E-state index in [2.05, 4.69) is 6.07 Å². The molecule has 0 saturated carbocycles. The molecule has 4 heteroatoms. The molecule has 1 rings (SSSR count). The van der Waals surface area contributed by atoms with Crippen molar-refractivity contribution in [3.8, 4) is 11.8 Å². The third kappa shape index (κ3) is 3.89. The van der Waals surface area contributed by atoms with Gasteiger partial charge in [0.25, 0.3) is 0 Å². The summed E-state index contributed by atoms with van der Waals surface area (Å²) < 4.78 is 15.6. The van der Waals surface area contributed by atoms with Crippen LogP contribution in [-0.4, -0.2) is 20.2 Å². The van der Waals surface area contributed by atoms with Crippen LogP contribution in [0.5, 0.6) is 5.75 Å². The maximum Gasteiger partial charge on any atom is 0.315 e. The zero-order chi connectivity index (χ0) is 11.8. The van der Waals surface area contributed by atoms with Gasteiger partial charge in [-0.1, -0.05) is 12.1 Å². The van der Waals surface area contributed by atoms with Gasteiger partial charge >= 0.3 is 6.48 Å². The average Bonchev–Trinajstić information content (AvgIpc) is 2.31. The zero-order valence-electron chi connectivity index (χ0n) is 9.47. The minimum Gasteiger partial charge on any atom is -0.441 e. The zero-order valence-corrected chi connectivity index (χ0v) is 9.47. The van der Waals surface area contributed by atoms with Crippen molar-refractivity contribution in [2.75, 3.05) is 13.7 Å². The van der Waals surface area contributed by atoms with Crippen molar-refractivity contribution in [3.63, 3.8) is 0 Å². The van der Waals surface area contributed by atoms with Gasteiger partial charge in [-0.05, 0) is 24.6 Å². The molecule has 86 valence electrons. The number of hydrogen-bond donors (Lipinski definition) is 0. The van der Waals surface area contributed by atoms with Crippen LogP contribution in [0.2, 0.25) is 0 Å². The second kappa shape index (κ2) is 6.83. The van der Waals surface area contributed by atoms with Gasteiger partial charge in [-0.3, -0.25) is 0 Å². The predicted molar refractivity (Wildman–Crippen MR) is 58.8 cm³/mol. The summed E-state index contributed by atoms with van der Waals surface area (Å²) in [6.45, 7) is 1.70. The second-order valence-electron chi connectivity index (χ2n) is 3.08. The van der Waals surface area contributed by atoms with Crippen molar-refractivity contribution in [3.05, 3.63) is 29.8 Å². The van der Waals surface area contributed by atoms with Gasteiger partial charge < -0.3 is 14.2 Å². The fraction of sp³-hybridized carbons (Fsp3) is 0.417. The first-order valence-corrected chi connectivity index (χ1v) is 5.07. The van der Waals surface area contributed by atoms with Crippen LogP contribution in [0.3, 0.4) is 0 Å². The Balaban J connectivity index is 2.57. The molecule has 4 nitrogen and oxygen atoms in total. The van der Waals surface area contributed by atoms with Crippen LogP contribution in [0.4, 0.5) is 0 Å². The molecule has 0 heterocycles. The smallest absolute Gasteiger partial charge is 0.315 e. The van der Waals surface area contributed by atoms with E-state index in [9.17, 15) is 0 Å². The maximum atomic E-state index is 8.52. The molecule has 0 saturated heterocycles. The van der Waals surface area contributed by atoms with E-state index in [0.717, 1.165) is 5.56 Å². The van der Waals surface area contributed by atoms with E-state index in [1.807, 2.05) is 19.1 Å². The second-order valence-corrected chi connectivity index (χ2v) is 3.08. The molecule has 0 bridgehead atoms. The fourth-order valence-electron chi connectivity index (χ4n) is 1.17. The summed E-state index contributed by atoms with van der Waals surface area (Å²) in [6, 6.07) is 9.35. The van der Waals surface area contributed by atoms with E-state index in [1.54, 1.807) is 12.1 Å². The number of benzene rings is 1. The van der Waals surface area contributed by atoms with Crippen molar-refractivity contribution in [2.24, 2.45) is 0 Å². The summed E-state index contributed by atoms with van der Waals surface area (Å²) in [5.74, 6) is 0.655. The Morgan fingerprint density at radius 1 is 1.31 bits per heavy atom. The normalized spacial score (nSPS) is 11.8. The van der Waals surface area contributed by atoms with Crippen LogP contribution in [0, 0.1) is 11.3 Å². The standard InChI is InChI=1S/C12H15NO3/c1-3-15-12(14-2)16-11-6-4-10(5-7-11)8-9-13/h4-7,12H,3,8H2,1-2H3. The summed E-state index contributed by atoms with van der Waals surface area (Å²) in [7, 11) is 1.52. The highest BCUT2D eigenvalue weighted by Gasteiger charge is 2.07. The van der Waals surface area contributed by atoms with Crippen LogP contribution >= 0.6 is 0 Å². The minimum absolute atomic E-state index is 0.402. The molecule has 0 aromatic heterocycles. The summed E-state index contributed by atoms with van der Waals surface area (Å²) in [5, 5.41) is 8.52. The fourth-order valence-corrected chi connectivity index (χ4v) is 1.17. The van der Waals surface area contributed by atoms with E-state index in [-0.39, 0.29) is 0 Å². The van der Waals surface area contributed by atoms with Crippen LogP contribution in [-0.2, 0) is 15.9 Å². The van der Waals surface area contributed by atoms with Gasteiger partial charge in [-0.15, -0.1) is 0 Å². The van der Waals surface area contributed by atoms with Crippen molar-refractivity contribution < 1.29 is 14.2 Å². The SMILES string of the molecule is CCOC(OC)Oc1ccc(CC#N)cc1. The van der Waals surface area contributed by atoms with Crippen molar-refractivity contribution in [2.45, 2.75) is 19.8 Å². The first kappa shape index (κ1) is 12.5. The maximum absolute atomic E-state index is 8.52. The minimum atomic E-state index is -0.688. The van der Waals surface area contributed by atoms with E-state index in [0.29, 0.717) is 18.8 Å². The lowest BCUT2D eigenvalue weighted by molar-refractivity contribution is -0.231. The Morgan fingerprint density at radius 3 is 2.50 bits per heavy atom. The molecule has 1 unspecified atom stereocenters. The highest BCUT2D eigenvalue weighted by molar-refractivity contribution is 5.28. The van der Waals surface area contributed by atoms with Gasteiger partial charge in [-0.2, -0.15) is 5.26 Å². The van der Waals surface area contributed by atoms with Crippen LogP contribution < -0.4 is 4.74 Å². The Kier molecular flexibility index (Phi) is 5.34. The molecule has 0 aliphatic rings. The van der Waals surface area contributed by atoms with Gasteiger partial charge in [0, 0.05) is 7.11 Å². The number of rotatable bonds is 6. The van der Waals surface area contributed by atoms with Gasteiger partial charge in [0.1, 0.15) is 5.75 Å². The van der Waals surface area contributed by atoms with Crippen LogP contribution in [0.15, 0.2) is 24.3 Å². The monoisotopic (exact) mass is 221 g/mol. The molecule has 0 fully saturated rings. The number of nitrogens with zero attached hydrogens (tertiary/aromatic N) is 1. The largest absolute Gasteiger partial charge is 0.441 e. The van der Waals surface area contributed by atoms with Gasteiger partial charge in [0.15, 0.2) is 0 Å². The summed E-state index contributed by atoms with van der Waals surface area (Å²) in [4.78, 5) is 0. The summed E-state index contributed by atoms with van der Waals surface area (Å²) in [5.41, 5.74) is 0.959. The van der Waals surface area contributed by atoms with Crippen molar-refractivity contribution >= 4 is 0 Å². The highest BCUT2D eigenvalue weighted by atomic mass is 16.8. The molecule has 0 N–H and O–H groups in total. The van der Waals surface area contributed by atoms with E-state index >= 15 is 0 Å². The molecule has 1 aromatic carbocycles. The van der Waals surface area contributed by atoms with Crippen LogP contribution in [0.25, 0.3) is 0 Å². The van der Waals surface area contributed by atoms with Gasteiger partial charge in [0.2, 0.25) is 0 Å².